The van der Waals surface area contributed by atoms with Gasteiger partial charge in [0.15, 0.2) is 0 Å². The highest BCUT2D eigenvalue weighted by Crippen LogP contribution is 2.02. The lowest BCUT2D eigenvalue weighted by atomic mass is 10.3. The molecule has 0 saturated heterocycles. The average Bonchev–Trinajstić information content (AvgIpc) is 2.93. The molecular formula is C28H42N6O4. The van der Waals surface area contributed by atoms with Crippen molar-refractivity contribution < 1.29 is 19.2 Å². The first-order chi connectivity index (χ1) is 18.1. The number of carbonyl (C=O) groups excluding carboxylic acids is 4. The van der Waals surface area contributed by atoms with Gasteiger partial charge in [-0.05, 0) is 30.4 Å². The van der Waals surface area contributed by atoms with E-state index in [0.717, 1.165) is 6.08 Å². The SMILES string of the molecule is C=CC(=C)NCCN(CCNC(=C)C=C)C(=O)CCN(CCN(CCNC(=O)C=C)C(=O)C=C)C(=O)C=C. The molecule has 0 saturated carbocycles. The minimum atomic E-state index is -0.358. The van der Waals surface area contributed by atoms with E-state index in [-0.39, 0.29) is 62.8 Å². The van der Waals surface area contributed by atoms with E-state index in [0.29, 0.717) is 37.6 Å². The van der Waals surface area contributed by atoms with E-state index < -0.39 is 0 Å². The summed E-state index contributed by atoms with van der Waals surface area (Å²) >= 11 is 0. The first kappa shape index (κ1) is 33.7. The topological polar surface area (TPSA) is 114 Å². The monoisotopic (exact) mass is 526 g/mol. The van der Waals surface area contributed by atoms with E-state index in [1.54, 1.807) is 17.1 Å². The molecule has 0 unspecified atom stereocenters. The number of amides is 4. The summed E-state index contributed by atoms with van der Waals surface area (Å²) in [5.74, 6) is -1.19. The van der Waals surface area contributed by atoms with Gasteiger partial charge in [-0.3, -0.25) is 19.2 Å². The molecule has 4 amide bonds. The van der Waals surface area contributed by atoms with E-state index in [1.165, 1.54) is 22.0 Å². The van der Waals surface area contributed by atoms with Gasteiger partial charge in [-0.2, -0.15) is 0 Å². The summed E-state index contributed by atoms with van der Waals surface area (Å²) in [6.45, 7) is 28.1. The number of hydrogen-bond acceptors (Lipinski definition) is 6. The van der Waals surface area contributed by atoms with Crippen LogP contribution in [-0.4, -0.2) is 97.2 Å². The molecule has 10 heteroatoms. The van der Waals surface area contributed by atoms with Gasteiger partial charge in [-0.1, -0.05) is 46.1 Å². The molecule has 3 N–H and O–H groups in total. The predicted octanol–water partition coefficient (Wildman–Crippen LogP) is 1.12. The summed E-state index contributed by atoms with van der Waals surface area (Å²) in [7, 11) is 0. The zero-order valence-corrected chi connectivity index (χ0v) is 22.4. The van der Waals surface area contributed by atoms with E-state index >= 15 is 0 Å². The molecule has 0 radical (unpaired) electrons. The number of hydrogen-bond donors (Lipinski definition) is 3. The Kier molecular flexibility index (Phi) is 17.5. The maximum atomic E-state index is 13.1. The number of rotatable bonds is 22. The molecule has 208 valence electrons. The minimum absolute atomic E-state index is 0.0786. The van der Waals surface area contributed by atoms with Gasteiger partial charge in [0, 0.05) is 76.7 Å². The molecule has 0 heterocycles. The van der Waals surface area contributed by atoms with Crippen LogP contribution < -0.4 is 16.0 Å². The molecule has 0 aliphatic rings. The second-order valence-corrected chi connectivity index (χ2v) is 8.00. The summed E-state index contributed by atoms with van der Waals surface area (Å²) in [5, 5.41) is 8.77. The van der Waals surface area contributed by atoms with Crippen molar-refractivity contribution >= 4 is 23.6 Å². The second kappa shape index (κ2) is 19.8. The quantitative estimate of drug-likeness (QED) is 0.144. The van der Waals surface area contributed by atoms with Gasteiger partial charge in [0.05, 0.1) is 0 Å². The van der Waals surface area contributed by atoms with Crippen LogP contribution in [0.25, 0.3) is 0 Å². The summed E-state index contributed by atoms with van der Waals surface area (Å²) < 4.78 is 0. The smallest absolute Gasteiger partial charge is 0.246 e. The zero-order chi connectivity index (χ0) is 28.9. The summed E-state index contributed by atoms with van der Waals surface area (Å²) in [4.78, 5) is 53.8. The Hall–Kier alpha value is -4.34. The molecule has 0 atom stereocenters. The van der Waals surface area contributed by atoms with Gasteiger partial charge in [-0.15, -0.1) is 0 Å². The number of nitrogens with one attached hydrogen (secondary N) is 3. The van der Waals surface area contributed by atoms with Crippen molar-refractivity contribution in [3.05, 3.63) is 87.8 Å². The number of allylic oxidation sites excluding steroid dienone is 2. The summed E-state index contributed by atoms with van der Waals surface area (Å²) in [5.41, 5.74) is 1.31. The van der Waals surface area contributed by atoms with Crippen LogP contribution in [0.5, 0.6) is 0 Å². The predicted molar refractivity (Wildman–Crippen MR) is 153 cm³/mol. The van der Waals surface area contributed by atoms with Crippen LogP contribution in [0.15, 0.2) is 87.8 Å². The highest BCUT2D eigenvalue weighted by atomic mass is 16.2. The lowest BCUT2D eigenvalue weighted by Crippen LogP contribution is -2.45. The Bertz CT molecular complexity index is 885. The van der Waals surface area contributed by atoms with Gasteiger partial charge >= 0.3 is 0 Å². The number of carbonyl (C=O) groups is 4. The average molecular weight is 527 g/mol. The van der Waals surface area contributed by atoms with Crippen molar-refractivity contribution in [2.24, 2.45) is 0 Å². The van der Waals surface area contributed by atoms with Crippen molar-refractivity contribution in [2.75, 3.05) is 58.9 Å². The third-order valence-corrected chi connectivity index (χ3v) is 5.39. The molecule has 0 aromatic carbocycles. The summed E-state index contributed by atoms with van der Waals surface area (Å²) in [6.07, 6.45) is 6.74. The Morgan fingerprint density at radius 1 is 0.526 bits per heavy atom. The third-order valence-electron chi connectivity index (χ3n) is 5.39. The summed E-state index contributed by atoms with van der Waals surface area (Å²) in [6, 6.07) is 0. The molecule has 0 spiro atoms. The van der Waals surface area contributed by atoms with Crippen LogP contribution in [0.1, 0.15) is 6.42 Å². The van der Waals surface area contributed by atoms with Crippen molar-refractivity contribution in [1.29, 1.82) is 0 Å². The molecule has 0 aliphatic heterocycles. The minimum Gasteiger partial charge on any atom is -0.384 e. The van der Waals surface area contributed by atoms with E-state index in [4.69, 9.17) is 0 Å². The Morgan fingerprint density at radius 3 is 1.37 bits per heavy atom. The Labute approximate surface area is 226 Å². The van der Waals surface area contributed by atoms with Crippen LogP contribution in [0.3, 0.4) is 0 Å². The van der Waals surface area contributed by atoms with Gasteiger partial charge < -0.3 is 30.7 Å². The second-order valence-electron chi connectivity index (χ2n) is 8.00. The third kappa shape index (κ3) is 14.3. The molecule has 0 fully saturated rings. The zero-order valence-electron chi connectivity index (χ0n) is 22.4. The van der Waals surface area contributed by atoms with Gasteiger partial charge in [0.25, 0.3) is 0 Å². The molecule has 0 rings (SSSR count). The lowest BCUT2D eigenvalue weighted by Gasteiger charge is -2.28. The Balaban J connectivity index is 5.21. The van der Waals surface area contributed by atoms with Crippen LogP contribution >= 0.6 is 0 Å². The van der Waals surface area contributed by atoms with Crippen LogP contribution in [0.4, 0.5) is 0 Å². The van der Waals surface area contributed by atoms with E-state index in [9.17, 15) is 19.2 Å². The fourth-order valence-electron chi connectivity index (χ4n) is 3.15. The highest BCUT2D eigenvalue weighted by Gasteiger charge is 2.19. The fourth-order valence-corrected chi connectivity index (χ4v) is 3.15. The van der Waals surface area contributed by atoms with Crippen molar-refractivity contribution in [3.8, 4) is 0 Å². The highest BCUT2D eigenvalue weighted by molar-refractivity contribution is 5.89. The molecule has 10 nitrogen and oxygen atoms in total. The standard InChI is InChI=1S/C28H42N6O4/c1-8-23(6)29-14-18-33(19-15-30-24(7)9-2)28(38)13-17-32(26(36)11-4)21-22-34(27(37)12-5)20-16-31-25(35)10-3/h8-12,29-30H,1-7,13-22H2,(H,31,35). The molecule has 0 bridgehead atoms. The molecule has 38 heavy (non-hydrogen) atoms. The normalized spacial score (nSPS) is 9.68. The van der Waals surface area contributed by atoms with Gasteiger partial charge in [-0.25, -0.2) is 0 Å². The van der Waals surface area contributed by atoms with E-state index in [2.05, 4.69) is 62.0 Å². The first-order valence-electron chi connectivity index (χ1n) is 12.2. The molecule has 0 aromatic heterocycles. The molecule has 0 aromatic rings. The van der Waals surface area contributed by atoms with Gasteiger partial charge in [0.2, 0.25) is 23.6 Å². The lowest BCUT2D eigenvalue weighted by molar-refractivity contribution is -0.133. The van der Waals surface area contributed by atoms with Crippen LogP contribution in [-0.2, 0) is 19.2 Å². The molecule has 0 aliphatic carbocycles. The first-order valence-corrected chi connectivity index (χ1v) is 12.2. The fraction of sp³-hybridized carbons (Fsp3) is 0.357. The van der Waals surface area contributed by atoms with Crippen LogP contribution in [0.2, 0.25) is 0 Å². The van der Waals surface area contributed by atoms with E-state index in [1.807, 2.05) is 0 Å². The van der Waals surface area contributed by atoms with Crippen LogP contribution in [0, 0.1) is 0 Å². The maximum Gasteiger partial charge on any atom is 0.246 e. The van der Waals surface area contributed by atoms with Crippen molar-refractivity contribution in [3.63, 3.8) is 0 Å². The van der Waals surface area contributed by atoms with Crippen molar-refractivity contribution in [1.82, 2.24) is 30.7 Å². The number of nitrogens with zero attached hydrogens (tertiary/aromatic N) is 3. The molecular weight excluding hydrogens is 484 g/mol. The Morgan fingerprint density at radius 2 is 0.947 bits per heavy atom. The largest absolute Gasteiger partial charge is 0.384 e. The maximum absolute atomic E-state index is 13.1. The van der Waals surface area contributed by atoms with Crippen molar-refractivity contribution in [2.45, 2.75) is 6.42 Å². The van der Waals surface area contributed by atoms with Gasteiger partial charge in [0.1, 0.15) is 0 Å².